The Labute approximate surface area is 387 Å². The number of ether oxygens (including phenoxy) is 2. The van der Waals surface area contributed by atoms with Crippen LogP contribution >= 0.6 is 0 Å². The van der Waals surface area contributed by atoms with Crippen LogP contribution in [0, 0.1) is 11.8 Å². The van der Waals surface area contributed by atoms with Crippen LogP contribution in [0.15, 0.2) is 36.0 Å². The van der Waals surface area contributed by atoms with E-state index < -0.39 is 12.1 Å². The van der Waals surface area contributed by atoms with Gasteiger partial charge in [-0.2, -0.15) is 0 Å². The van der Waals surface area contributed by atoms with E-state index in [1.54, 1.807) is 9.80 Å². The number of amides is 6. The van der Waals surface area contributed by atoms with Gasteiger partial charge in [0.05, 0.1) is 50.4 Å². The van der Waals surface area contributed by atoms with E-state index in [0.717, 1.165) is 97.0 Å². The summed E-state index contributed by atoms with van der Waals surface area (Å²) < 4.78 is 10.8. The molecule has 5 fully saturated rings. The number of urea groups is 2. The van der Waals surface area contributed by atoms with E-state index in [2.05, 4.69) is 49.1 Å². The van der Waals surface area contributed by atoms with Crippen LogP contribution in [0.25, 0.3) is 23.4 Å². The van der Waals surface area contributed by atoms with Crippen LogP contribution in [0.1, 0.15) is 113 Å². The first-order chi connectivity index (χ1) is 32.0. The number of fused-ring (bicyclic) bond motifs is 1. The highest BCUT2D eigenvalue weighted by Gasteiger charge is 2.40. The molecule has 0 radical (unpaired) electrons. The number of hydrogen-bond donors (Lipinski definition) is 4. The average Bonchev–Trinajstić information content (AvgIpc) is 4.20. The Balaban J connectivity index is 0.841. The summed E-state index contributed by atoms with van der Waals surface area (Å²) in [5, 5.41) is 6.07. The smallest absolute Gasteiger partial charge is 0.318 e. The maximum atomic E-state index is 14.1. The lowest BCUT2D eigenvalue weighted by Gasteiger charge is -2.35. The van der Waals surface area contributed by atoms with Gasteiger partial charge in [-0.3, -0.25) is 9.59 Å². The van der Waals surface area contributed by atoms with Gasteiger partial charge in [-0.05, 0) is 68.6 Å². The third kappa shape index (κ3) is 9.40. The highest BCUT2D eigenvalue weighted by Crippen LogP contribution is 2.40. The number of carbonyl (C=O) groups excluding carboxylic acids is 4. The molecule has 7 heterocycles. The number of likely N-dealkylation sites (tertiary alicyclic amines) is 2. The number of nitrogens with zero attached hydrogens (tertiary/aromatic N) is 7. The highest BCUT2D eigenvalue weighted by atomic mass is 16.5. The van der Waals surface area contributed by atoms with Gasteiger partial charge in [-0.15, -0.1) is 0 Å². The van der Waals surface area contributed by atoms with E-state index >= 15 is 0 Å². The number of imidazole rings is 2. The van der Waals surface area contributed by atoms with Crippen molar-refractivity contribution in [2.75, 3.05) is 83.7 Å². The van der Waals surface area contributed by atoms with Crippen LogP contribution in [0.4, 0.5) is 15.3 Å². The van der Waals surface area contributed by atoms with Crippen LogP contribution in [0.2, 0.25) is 0 Å². The van der Waals surface area contributed by atoms with Gasteiger partial charge in [-0.1, -0.05) is 45.2 Å². The average molecular weight is 904 g/mol. The van der Waals surface area contributed by atoms with Gasteiger partial charge in [0.2, 0.25) is 11.8 Å². The van der Waals surface area contributed by atoms with Gasteiger partial charge in [0, 0.05) is 92.5 Å². The largest absolute Gasteiger partial charge is 0.378 e. The third-order valence-corrected chi connectivity index (χ3v) is 14.3. The van der Waals surface area contributed by atoms with Crippen LogP contribution < -0.4 is 15.5 Å². The highest BCUT2D eigenvalue weighted by molar-refractivity contribution is 5.89. The summed E-state index contributed by atoms with van der Waals surface area (Å²) in [7, 11) is 0. The second-order valence-electron chi connectivity index (χ2n) is 19.1. The predicted molar refractivity (Wildman–Crippen MR) is 249 cm³/mol. The van der Waals surface area contributed by atoms with E-state index in [-0.39, 0.29) is 47.8 Å². The summed E-state index contributed by atoms with van der Waals surface area (Å²) >= 11 is 0. The zero-order valence-electron chi connectivity index (χ0n) is 38.8. The summed E-state index contributed by atoms with van der Waals surface area (Å²) in [5.74, 6) is 1.56. The molecule has 9 rings (SSSR count). The first kappa shape index (κ1) is 45.3. The minimum Gasteiger partial charge on any atom is -0.378 e. The number of morpholine rings is 2. The number of rotatable bonds is 11. The van der Waals surface area contributed by atoms with Gasteiger partial charge in [0.1, 0.15) is 23.7 Å². The fourth-order valence-electron chi connectivity index (χ4n) is 10.5. The molecule has 3 aromatic rings. The van der Waals surface area contributed by atoms with Crippen molar-refractivity contribution in [3.63, 3.8) is 0 Å². The Morgan fingerprint density at radius 3 is 1.71 bits per heavy atom. The van der Waals surface area contributed by atoms with Crippen molar-refractivity contribution >= 4 is 41.7 Å². The molecule has 1 aromatic carbocycles. The molecule has 17 heteroatoms. The fourth-order valence-corrected chi connectivity index (χ4v) is 10.5. The molecule has 352 valence electrons. The number of H-pyrrole nitrogens is 2. The molecular weight excluding hydrogens is 839 g/mol. The SMILES string of the molecule is CC(C)[C@H](NC(=O)N1CCOCC1)C(=O)N1CCC[C@H]1c1ncc(-c2ccc(N3CCC(c4cnc([C@@H]5CCCN5C(=O)[C@@H](NC(=O)N5CCOCC5)C(C)C)[nH]4)CC3)c3c2C=C=C=C3)[nH]1. The van der Waals surface area contributed by atoms with Crippen molar-refractivity contribution in [1.82, 2.24) is 50.2 Å². The van der Waals surface area contributed by atoms with E-state index in [4.69, 9.17) is 19.4 Å². The van der Waals surface area contributed by atoms with Gasteiger partial charge in [0.25, 0.3) is 0 Å². The number of aromatic nitrogens is 4. The molecule has 0 bridgehead atoms. The molecule has 4 atom stereocenters. The van der Waals surface area contributed by atoms with E-state index in [0.29, 0.717) is 71.6 Å². The zero-order chi connectivity index (χ0) is 45.9. The van der Waals surface area contributed by atoms with Gasteiger partial charge in [0.15, 0.2) is 0 Å². The minimum absolute atomic E-state index is 0.0585. The molecule has 0 spiro atoms. The number of benzene rings is 1. The third-order valence-electron chi connectivity index (χ3n) is 14.3. The normalized spacial score (nSPS) is 22.1. The van der Waals surface area contributed by atoms with Gasteiger partial charge < -0.3 is 54.6 Å². The standard InChI is InChI=1S/C49H65N11O6/c1-31(2)42(54-48(63)57-21-25-65-26-22-57)46(61)59-17-7-11-40(59)44-50-29-37(52-44)33-15-19-56(20-16-33)39-14-13-35(34-9-5-6-10-36(34)39)38-30-51-45(53-38)41-12-8-18-60(41)47(62)43(32(3)4)55-49(64)58-23-27-66-28-24-58/h9-10,13-14,29-33,40-43H,7-8,11-12,15-28H2,1-4H3,(H,50,52)(H,51,53)(H,54,63)(H,55,64)/t40-,41-,42-,43-/m0/s1. The zero-order valence-corrected chi connectivity index (χ0v) is 38.8. The first-order valence-electron chi connectivity index (χ1n) is 24.1. The molecule has 0 unspecified atom stereocenters. The monoisotopic (exact) mass is 904 g/mol. The van der Waals surface area contributed by atoms with Crippen molar-refractivity contribution in [1.29, 1.82) is 0 Å². The lowest BCUT2D eigenvalue weighted by Crippen LogP contribution is -2.55. The second kappa shape index (κ2) is 19.9. The predicted octanol–water partition coefficient (Wildman–Crippen LogP) is 5.44. The number of anilines is 1. The Kier molecular flexibility index (Phi) is 13.7. The molecule has 5 aliphatic heterocycles. The molecule has 2 aromatic heterocycles. The van der Waals surface area contributed by atoms with Gasteiger partial charge >= 0.3 is 12.1 Å². The van der Waals surface area contributed by atoms with Crippen molar-refractivity contribution in [2.24, 2.45) is 11.8 Å². The molecule has 66 heavy (non-hydrogen) atoms. The maximum absolute atomic E-state index is 14.1. The molecule has 5 saturated heterocycles. The molecule has 17 nitrogen and oxygen atoms in total. The second-order valence-corrected chi connectivity index (χ2v) is 19.1. The summed E-state index contributed by atoms with van der Waals surface area (Å²) in [5.41, 5.74) is 12.6. The first-order valence-corrected chi connectivity index (χ1v) is 24.1. The molecule has 1 aliphatic carbocycles. The molecule has 0 saturated carbocycles. The Hall–Kier alpha value is -5.86. The molecular formula is C49H65N11O6. The van der Waals surface area contributed by atoms with Crippen LogP contribution in [0.5, 0.6) is 0 Å². The maximum Gasteiger partial charge on any atom is 0.318 e. The number of piperidine rings is 1. The van der Waals surface area contributed by atoms with Crippen LogP contribution in [-0.2, 0) is 19.1 Å². The summed E-state index contributed by atoms with van der Waals surface area (Å²) in [4.78, 5) is 81.0. The Bertz CT molecular complexity index is 2360. The van der Waals surface area contributed by atoms with Gasteiger partial charge in [-0.25, -0.2) is 19.6 Å². The van der Waals surface area contributed by atoms with Crippen molar-refractivity contribution in [2.45, 2.75) is 96.3 Å². The van der Waals surface area contributed by atoms with E-state index in [9.17, 15) is 19.2 Å². The molecule has 6 aliphatic rings. The van der Waals surface area contributed by atoms with Crippen molar-refractivity contribution in [3.05, 3.63) is 64.5 Å². The lowest BCUT2D eigenvalue weighted by atomic mass is 9.91. The number of hydrogen-bond acceptors (Lipinski definition) is 9. The van der Waals surface area contributed by atoms with E-state index in [1.165, 1.54) is 0 Å². The molecule has 6 amide bonds. The Morgan fingerprint density at radius 2 is 1.17 bits per heavy atom. The van der Waals surface area contributed by atoms with E-state index in [1.807, 2.05) is 62.0 Å². The quantitative estimate of drug-likeness (QED) is 0.143. The van der Waals surface area contributed by atoms with Crippen LogP contribution in [-0.4, -0.2) is 154 Å². The van der Waals surface area contributed by atoms with Crippen molar-refractivity contribution in [3.8, 4) is 11.3 Å². The number of aromatic amines is 2. The topological polar surface area (TPSA) is 184 Å². The van der Waals surface area contributed by atoms with Crippen LogP contribution in [0.3, 0.4) is 0 Å². The summed E-state index contributed by atoms with van der Waals surface area (Å²) in [6.07, 6.45) is 13.1. The minimum atomic E-state index is -0.646. The molecule has 4 N–H and O–H groups in total. The van der Waals surface area contributed by atoms with Crippen molar-refractivity contribution < 1.29 is 28.7 Å². The summed E-state index contributed by atoms with van der Waals surface area (Å²) in [6.45, 7) is 14.9. The fraction of sp³-hybridized carbons (Fsp3) is 0.592. The lowest BCUT2D eigenvalue weighted by molar-refractivity contribution is -0.136. The Morgan fingerprint density at radius 1 is 0.652 bits per heavy atom. The summed E-state index contributed by atoms with van der Waals surface area (Å²) in [6, 6.07) is 2.25. The number of carbonyl (C=O) groups is 4. The number of nitrogens with one attached hydrogen (secondary N) is 4.